The van der Waals surface area contributed by atoms with Crippen LogP contribution >= 0.6 is 0 Å². The summed E-state index contributed by atoms with van der Waals surface area (Å²) >= 11 is 0. The number of aromatic nitrogens is 1. The average Bonchev–Trinajstić information content (AvgIpc) is 2.87. The van der Waals surface area contributed by atoms with Gasteiger partial charge in [-0.15, -0.1) is 0 Å². The maximum Gasteiger partial charge on any atom is 0.418 e. The zero-order chi connectivity index (χ0) is 26.0. The summed E-state index contributed by atoms with van der Waals surface area (Å²) in [5, 5.41) is 23.5. The van der Waals surface area contributed by atoms with Crippen LogP contribution in [0.2, 0.25) is 0 Å². The Morgan fingerprint density at radius 2 is 1.81 bits per heavy atom. The third-order valence-electron chi connectivity index (χ3n) is 6.72. The zero-order valence-corrected chi connectivity index (χ0v) is 20.6. The normalized spacial score (nSPS) is 24.6. The molecule has 1 unspecified atom stereocenters. The fraction of sp³-hybridized carbons (Fsp3) is 0.480. The first kappa shape index (κ1) is 25.5. The van der Waals surface area contributed by atoms with Crippen LogP contribution in [0.3, 0.4) is 0 Å². The maximum absolute atomic E-state index is 12.4. The molecule has 2 aromatic rings. The largest absolute Gasteiger partial charge is 0.496 e. The lowest BCUT2D eigenvalue weighted by Gasteiger charge is -2.51. The highest BCUT2D eigenvalue weighted by Crippen LogP contribution is 2.52. The van der Waals surface area contributed by atoms with Crippen LogP contribution in [0.1, 0.15) is 48.9 Å². The van der Waals surface area contributed by atoms with Gasteiger partial charge in [0.1, 0.15) is 5.75 Å². The van der Waals surface area contributed by atoms with Crippen LogP contribution in [-0.2, 0) is 19.9 Å². The SMILES string of the molecule is CCOc1cc2c(cc1OC)C(c1cnc(OC)cc1OC)N[C@@H]1CC[C@@H](O)C[C@@]21OC(=O)C(=O)O. The van der Waals surface area contributed by atoms with Crippen molar-refractivity contribution in [2.24, 2.45) is 0 Å². The van der Waals surface area contributed by atoms with Crippen molar-refractivity contribution in [3.8, 4) is 23.1 Å². The molecule has 0 saturated heterocycles. The molecule has 2 aliphatic rings. The molecule has 0 spiro atoms. The van der Waals surface area contributed by atoms with Crippen LogP contribution in [0.25, 0.3) is 0 Å². The van der Waals surface area contributed by atoms with Gasteiger partial charge in [0.05, 0.1) is 46.1 Å². The van der Waals surface area contributed by atoms with Gasteiger partial charge in [-0.3, -0.25) is 5.32 Å². The Morgan fingerprint density at radius 1 is 1.06 bits per heavy atom. The molecule has 1 aliphatic heterocycles. The van der Waals surface area contributed by atoms with Crippen LogP contribution in [0, 0.1) is 0 Å². The van der Waals surface area contributed by atoms with Gasteiger partial charge in [0, 0.05) is 29.8 Å². The molecule has 0 radical (unpaired) electrons. The lowest BCUT2D eigenvalue weighted by atomic mass is 9.68. The molecule has 11 heteroatoms. The number of nitrogens with one attached hydrogen (secondary N) is 1. The lowest BCUT2D eigenvalue weighted by molar-refractivity contribution is -0.186. The van der Waals surface area contributed by atoms with E-state index in [0.29, 0.717) is 59.3 Å². The Balaban J connectivity index is 1.98. The number of carboxylic acids is 1. The number of pyridine rings is 1. The Bertz CT molecular complexity index is 1150. The van der Waals surface area contributed by atoms with E-state index in [-0.39, 0.29) is 6.42 Å². The highest BCUT2D eigenvalue weighted by Gasteiger charge is 2.55. The minimum atomic E-state index is -1.72. The Hall–Kier alpha value is -3.57. The van der Waals surface area contributed by atoms with Gasteiger partial charge >= 0.3 is 11.9 Å². The zero-order valence-electron chi connectivity index (χ0n) is 20.6. The van der Waals surface area contributed by atoms with Crippen LogP contribution < -0.4 is 24.3 Å². The first-order valence-electron chi connectivity index (χ1n) is 11.6. The molecule has 11 nitrogen and oxygen atoms in total. The number of fused-ring (bicyclic) bond motifs is 3. The van der Waals surface area contributed by atoms with Gasteiger partial charge in [-0.2, -0.15) is 0 Å². The van der Waals surface area contributed by atoms with Gasteiger partial charge < -0.3 is 33.9 Å². The minimum Gasteiger partial charge on any atom is -0.496 e. The highest BCUT2D eigenvalue weighted by atomic mass is 16.6. The van der Waals surface area contributed by atoms with Crippen LogP contribution in [0.5, 0.6) is 23.1 Å². The van der Waals surface area contributed by atoms with E-state index < -0.39 is 35.7 Å². The van der Waals surface area contributed by atoms with E-state index in [9.17, 15) is 19.8 Å². The molecule has 1 aromatic heterocycles. The first-order chi connectivity index (χ1) is 17.3. The lowest BCUT2D eigenvalue weighted by Crippen LogP contribution is -2.60. The summed E-state index contributed by atoms with van der Waals surface area (Å²) < 4.78 is 27.9. The van der Waals surface area contributed by atoms with E-state index in [0.717, 1.165) is 0 Å². The fourth-order valence-electron chi connectivity index (χ4n) is 5.17. The number of aliphatic carboxylic acids is 1. The predicted octanol–water partition coefficient (Wildman–Crippen LogP) is 1.94. The monoisotopic (exact) mass is 502 g/mol. The van der Waals surface area contributed by atoms with E-state index in [1.807, 2.05) is 6.92 Å². The maximum atomic E-state index is 12.4. The van der Waals surface area contributed by atoms with Crippen molar-refractivity contribution in [3.63, 3.8) is 0 Å². The van der Waals surface area contributed by atoms with Crippen molar-refractivity contribution >= 4 is 11.9 Å². The Labute approximate surface area is 208 Å². The number of esters is 1. The molecular formula is C25H30N2O9. The molecule has 4 rings (SSSR count). The second kappa shape index (κ2) is 10.2. The molecule has 0 bridgehead atoms. The van der Waals surface area contributed by atoms with Crippen LogP contribution in [0.15, 0.2) is 24.4 Å². The number of nitrogens with zero attached hydrogens (tertiary/aromatic N) is 1. The molecule has 2 heterocycles. The van der Waals surface area contributed by atoms with Gasteiger partial charge in [-0.1, -0.05) is 0 Å². The number of benzene rings is 1. The van der Waals surface area contributed by atoms with Crippen molar-refractivity contribution < 1.29 is 43.5 Å². The van der Waals surface area contributed by atoms with Crippen molar-refractivity contribution in [2.45, 2.75) is 50.0 Å². The number of carbonyl (C=O) groups excluding carboxylic acids is 1. The van der Waals surface area contributed by atoms with Crippen molar-refractivity contribution in [1.29, 1.82) is 0 Å². The summed E-state index contributed by atoms with van der Waals surface area (Å²) in [6.07, 6.45) is 1.71. The third kappa shape index (κ3) is 4.40. The number of hydrogen-bond acceptors (Lipinski definition) is 10. The number of hydrogen-bond donors (Lipinski definition) is 3. The summed E-state index contributed by atoms with van der Waals surface area (Å²) in [6.45, 7) is 2.17. The summed E-state index contributed by atoms with van der Waals surface area (Å²) in [5.41, 5.74) is 0.399. The third-order valence-corrected chi connectivity index (χ3v) is 6.72. The van der Waals surface area contributed by atoms with E-state index >= 15 is 0 Å². The van der Waals surface area contributed by atoms with Gasteiger partial charge in [0.2, 0.25) is 5.88 Å². The smallest absolute Gasteiger partial charge is 0.418 e. The molecule has 1 saturated carbocycles. The molecule has 4 atom stereocenters. The number of aliphatic hydroxyl groups is 1. The molecule has 1 aliphatic carbocycles. The van der Waals surface area contributed by atoms with Gasteiger partial charge in [-0.25, -0.2) is 14.6 Å². The van der Waals surface area contributed by atoms with E-state index in [1.165, 1.54) is 21.3 Å². The van der Waals surface area contributed by atoms with Crippen molar-refractivity contribution in [1.82, 2.24) is 10.3 Å². The van der Waals surface area contributed by atoms with Gasteiger partial charge in [-0.05, 0) is 37.5 Å². The summed E-state index contributed by atoms with van der Waals surface area (Å²) in [6, 6.07) is 4.12. The Morgan fingerprint density at radius 3 is 2.44 bits per heavy atom. The number of carboxylic acid groups (broad SMARTS) is 1. The molecule has 0 amide bonds. The average molecular weight is 503 g/mol. The van der Waals surface area contributed by atoms with Gasteiger partial charge in [0.15, 0.2) is 17.1 Å². The predicted molar refractivity (Wildman–Crippen MR) is 126 cm³/mol. The second-order valence-electron chi connectivity index (χ2n) is 8.66. The molecular weight excluding hydrogens is 472 g/mol. The van der Waals surface area contributed by atoms with Crippen molar-refractivity contribution in [2.75, 3.05) is 27.9 Å². The highest BCUT2D eigenvalue weighted by molar-refractivity contribution is 6.28. The number of ether oxygens (including phenoxy) is 5. The van der Waals surface area contributed by atoms with Crippen LogP contribution in [-0.4, -0.2) is 67.2 Å². The summed E-state index contributed by atoms with van der Waals surface area (Å²) in [7, 11) is 4.56. The van der Waals surface area contributed by atoms with E-state index in [4.69, 9.17) is 23.7 Å². The standard InChI is InChI=1S/C25H30N2O9/c1-5-35-19-9-16-14(8-18(19)33-3)22(15-12-26-21(34-4)10-17(15)32-2)27-20-7-6-13(28)11-25(16,20)36-24(31)23(29)30/h8-10,12-13,20,22,27-28H,5-7,11H2,1-4H3,(H,29,30)/t13-,20-,22?,25-/m1/s1. The molecule has 194 valence electrons. The second-order valence-corrected chi connectivity index (χ2v) is 8.66. The number of carbonyl (C=O) groups is 2. The Kier molecular flexibility index (Phi) is 7.23. The topological polar surface area (TPSA) is 146 Å². The molecule has 3 N–H and O–H groups in total. The number of methoxy groups -OCH3 is 3. The molecule has 1 fully saturated rings. The van der Waals surface area contributed by atoms with Gasteiger partial charge in [0.25, 0.3) is 0 Å². The molecule has 36 heavy (non-hydrogen) atoms. The molecule has 1 aromatic carbocycles. The number of rotatable bonds is 7. The van der Waals surface area contributed by atoms with E-state index in [1.54, 1.807) is 24.4 Å². The van der Waals surface area contributed by atoms with Crippen LogP contribution in [0.4, 0.5) is 0 Å². The number of aliphatic hydroxyl groups excluding tert-OH is 1. The fourth-order valence-corrected chi connectivity index (χ4v) is 5.17. The quantitative estimate of drug-likeness (QED) is 0.377. The minimum absolute atomic E-state index is 0.0132. The summed E-state index contributed by atoms with van der Waals surface area (Å²) in [5.74, 6) is -1.38. The first-order valence-corrected chi connectivity index (χ1v) is 11.6. The van der Waals surface area contributed by atoms with Crippen molar-refractivity contribution in [3.05, 3.63) is 41.1 Å². The summed E-state index contributed by atoms with van der Waals surface area (Å²) in [4.78, 5) is 28.2. The van der Waals surface area contributed by atoms with E-state index in [2.05, 4.69) is 10.3 Å².